The number of hydrogen-bond acceptors (Lipinski definition) is 4. The first-order valence-electron chi connectivity index (χ1n) is 5.88. The second kappa shape index (κ2) is 6.13. The van der Waals surface area contributed by atoms with Crippen molar-refractivity contribution in [1.82, 2.24) is 0 Å². The number of rotatable bonds is 4. The summed E-state index contributed by atoms with van der Waals surface area (Å²) in [5.74, 6) is 0.849. The third-order valence-corrected chi connectivity index (χ3v) is 3.56. The van der Waals surface area contributed by atoms with Gasteiger partial charge in [-0.05, 0) is 40.8 Å². The highest BCUT2D eigenvalue weighted by Gasteiger charge is 2.16. The molecule has 0 spiro atoms. The number of nitrogen functional groups attached to an aromatic ring is 1. The van der Waals surface area contributed by atoms with E-state index in [1.807, 2.05) is 18.2 Å². The molecule has 0 aliphatic carbocycles. The fraction of sp³-hybridized carbons (Fsp3) is 0.133. The quantitative estimate of drug-likeness (QED) is 0.501. The molecular formula is C15H14INO3. The van der Waals surface area contributed by atoms with Crippen LogP contribution in [0.2, 0.25) is 0 Å². The van der Waals surface area contributed by atoms with Gasteiger partial charge in [-0.25, -0.2) is 0 Å². The molecule has 104 valence electrons. The van der Waals surface area contributed by atoms with E-state index in [2.05, 4.69) is 22.6 Å². The van der Waals surface area contributed by atoms with Gasteiger partial charge in [-0.1, -0.05) is 12.1 Å². The maximum Gasteiger partial charge on any atom is 0.195 e. The molecule has 5 heteroatoms. The van der Waals surface area contributed by atoms with Crippen molar-refractivity contribution in [3.8, 4) is 11.5 Å². The highest BCUT2D eigenvalue weighted by molar-refractivity contribution is 14.1. The summed E-state index contributed by atoms with van der Waals surface area (Å²) in [6, 6.07) is 10.6. The smallest absolute Gasteiger partial charge is 0.195 e. The Bertz CT molecular complexity index is 656. The van der Waals surface area contributed by atoms with E-state index in [4.69, 9.17) is 15.2 Å². The van der Waals surface area contributed by atoms with Crippen LogP contribution in [-0.4, -0.2) is 20.0 Å². The number of carbonyl (C=O) groups excluding carboxylic acids is 1. The molecule has 20 heavy (non-hydrogen) atoms. The molecule has 4 nitrogen and oxygen atoms in total. The molecule has 0 heterocycles. The lowest BCUT2D eigenvalue weighted by molar-refractivity contribution is 0.103. The summed E-state index contributed by atoms with van der Waals surface area (Å²) in [6.07, 6.45) is 0. The Morgan fingerprint density at radius 1 is 1.10 bits per heavy atom. The highest BCUT2D eigenvalue weighted by Crippen LogP contribution is 2.33. The minimum atomic E-state index is -0.137. The maximum atomic E-state index is 12.5. The van der Waals surface area contributed by atoms with E-state index in [-0.39, 0.29) is 5.78 Å². The number of anilines is 1. The molecule has 0 unspecified atom stereocenters. The fourth-order valence-electron chi connectivity index (χ4n) is 1.88. The van der Waals surface area contributed by atoms with Crippen molar-refractivity contribution in [3.63, 3.8) is 0 Å². The van der Waals surface area contributed by atoms with Crippen LogP contribution < -0.4 is 15.2 Å². The summed E-state index contributed by atoms with van der Waals surface area (Å²) in [7, 11) is 3.05. The van der Waals surface area contributed by atoms with Crippen molar-refractivity contribution in [1.29, 1.82) is 0 Å². The normalized spacial score (nSPS) is 10.2. The Morgan fingerprint density at radius 2 is 1.75 bits per heavy atom. The standard InChI is InChI=1S/C15H14INO3/c1-19-13-7-11(12(17)8-14(13)20-2)15(18)9-4-3-5-10(16)6-9/h3-8H,17H2,1-2H3. The highest BCUT2D eigenvalue weighted by atomic mass is 127. The number of halogens is 1. The second-order valence-corrected chi connectivity index (χ2v) is 5.38. The third-order valence-electron chi connectivity index (χ3n) is 2.89. The van der Waals surface area contributed by atoms with Crippen molar-refractivity contribution in [2.24, 2.45) is 0 Å². The predicted octanol–water partition coefficient (Wildman–Crippen LogP) is 3.12. The Labute approximate surface area is 131 Å². The van der Waals surface area contributed by atoms with E-state index >= 15 is 0 Å². The summed E-state index contributed by atoms with van der Waals surface area (Å²) in [6.45, 7) is 0. The number of hydrogen-bond donors (Lipinski definition) is 1. The lowest BCUT2D eigenvalue weighted by Gasteiger charge is -2.12. The van der Waals surface area contributed by atoms with Gasteiger partial charge in [0.15, 0.2) is 17.3 Å². The van der Waals surface area contributed by atoms with Gasteiger partial charge in [-0.15, -0.1) is 0 Å². The molecule has 0 atom stereocenters. The zero-order chi connectivity index (χ0) is 14.7. The Morgan fingerprint density at radius 3 is 2.35 bits per heavy atom. The van der Waals surface area contributed by atoms with Gasteiger partial charge in [0.25, 0.3) is 0 Å². The van der Waals surface area contributed by atoms with Crippen LogP contribution in [0.15, 0.2) is 36.4 Å². The van der Waals surface area contributed by atoms with Crippen LogP contribution in [0.4, 0.5) is 5.69 Å². The van der Waals surface area contributed by atoms with E-state index in [0.29, 0.717) is 28.3 Å². The summed E-state index contributed by atoms with van der Waals surface area (Å²) in [5.41, 5.74) is 7.31. The van der Waals surface area contributed by atoms with Crippen LogP contribution >= 0.6 is 22.6 Å². The minimum Gasteiger partial charge on any atom is -0.493 e. The first-order chi connectivity index (χ1) is 9.56. The Kier molecular flexibility index (Phi) is 4.49. The van der Waals surface area contributed by atoms with Crippen LogP contribution in [0.25, 0.3) is 0 Å². The van der Waals surface area contributed by atoms with Crippen LogP contribution in [-0.2, 0) is 0 Å². The summed E-state index contributed by atoms with van der Waals surface area (Å²) in [4.78, 5) is 12.5. The molecule has 2 rings (SSSR count). The average molecular weight is 383 g/mol. The summed E-state index contributed by atoms with van der Waals surface area (Å²) in [5, 5.41) is 0. The van der Waals surface area contributed by atoms with Crippen molar-refractivity contribution in [3.05, 3.63) is 51.1 Å². The first-order valence-corrected chi connectivity index (χ1v) is 6.96. The third kappa shape index (κ3) is 2.87. The molecule has 0 fully saturated rings. The number of carbonyl (C=O) groups is 1. The van der Waals surface area contributed by atoms with E-state index < -0.39 is 0 Å². The molecule has 0 bridgehead atoms. The largest absolute Gasteiger partial charge is 0.493 e. The van der Waals surface area contributed by atoms with E-state index in [9.17, 15) is 4.79 Å². The van der Waals surface area contributed by atoms with E-state index in [1.165, 1.54) is 14.2 Å². The molecule has 0 amide bonds. The van der Waals surface area contributed by atoms with Gasteiger partial charge in [0.05, 0.1) is 14.2 Å². The summed E-state index contributed by atoms with van der Waals surface area (Å²) < 4.78 is 11.4. The van der Waals surface area contributed by atoms with Crippen LogP contribution in [0, 0.1) is 3.57 Å². The number of ether oxygens (including phenoxy) is 2. The molecular weight excluding hydrogens is 369 g/mol. The molecule has 0 aromatic heterocycles. The van der Waals surface area contributed by atoms with Crippen molar-refractivity contribution in [2.75, 3.05) is 20.0 Å². The lowest BCUT2D eigenvalue weighted by Crippen LogP contribution is -2.07. The molecule has 2 aromatic rings. The second-order valence-electron chi connectivity index (χ2n) is 4.13. The van der Waals surface area contributed by atoms with Gasteiger partial charge in [0, 0.05) is 26.5 Å². The van der Waals surface area contributed by atoms with Gasteiger partial charge in [0.1, 0.15) is 0 Å². The van der Waals surface area contributed by atoms with Gasteiger partial charge in [-0.2, -0.15) is 0 Å². The van der Waals surface area contributed by atoms with Crippen LogP contribution in [0.1, 0.15) is 15.9 Å². The Hall–Kier alpha value is -1.76. The zero-order valence-electron chi connectivity index (χ0n) is 11.1. The monoisotopic (exact) mass is 383 g/mol. The number of methoxy groups -OCH3 is 2. The molecule has 2 aromatic carbocycles. The van der Waals surface area contributed by atoms with Gasteiger partial charge in [0.2, 0.25) is 0 Å². The number of ketones is 1. The van der Waals surface area contributed by atoms with Crippen molar-refractivity contribution >= 4 is 34.1 Å². The molecule has 0 radical (unpaired) electrons. The predicted molar refractivity (Wildman–Crippen MR) is 86.5 cm³/mol. The topological polar surface area (TPSA) is 61.5 Å². The maximum absolute atomic E-state index is 12.5. The van der Waals surface area contributed by atoms with Crippen LogP contribution in [0.5, 0.6) is 11.5 Å². The minimum absolute atomic E-state index is 0.137. The van der Waals surface area contributed by atoms with E-state index in [1.54, 1.807) is 18.2 Å². The Balaban J connectivity index is 2.49. The number of nitrogens with two attached hydrogens (primary N) is 1. The van der Waals surface area contributed by atoms with E-state index in [0.717, 1.165) is 3.57 Å². The molecule has 0 saturated carbocycles. The molecule has 0 aliphatic rings. The average Bonchev–Trinajstić information content (AvgIpc) is 2.46. The SMILES string of the molecule is COc1cc(N)c(C(=O)c2cccc(I)c2)cc1OC. The molecule has 2 N–H and O–H groups in total. The van der Waals surface area contributed by atoms with Crippen molar-refractivity contribution < 1.29 is 14.3 Å². The van der Waals surface area contributed by atoms with Gasteiger partial charge >= 0.3 is 0 Å². The van der Waals surface area contributed by atoms with Crippen LogP contribution in [0.3, 0.4) is 0 Å². The molecule has 0 saturated heterocycles. The number of benzene rings is 2. The first kappa shape index (κ1) is 14.6. The zero-order valence-corrected chi connectivity index (χ0v) is 13.3. The van der Waals surface area contributed by atoms with Crippen molar-refractivity contribution in [2.45, 2.75) is 0 Å². The van der Waals surface area contributed by atoms with Gasteiger partial charge < -0.3 is 15.2 Å². The summed E-state index contributed by atoms with van der Waals surface area (Å²) >= 11 is 2.16. The fourth-order valence-corrected chi connectivity index (χ4v) is 2.42. The lowest BCUT2D eigenvalue weighted by atomic mass is 10.0. The molecule has 0 aliphatic heterocycles. The van der Waals surface area contributed by atoms with Gasteiger partial charge in [-0.3, -0.25) is 4.79 Å².